The van der Waals surface area contributed by atoms with Gasteiger partial charge in [0.1, 0.15) is 0 Å². The fourth-order valence-corrected chi connectivity index (χ4v) is 5.36. The Morgan fingerprint density at radius 1 is 0.591 bits per heavy atom. The molecule has 0 aliphatic heterocycles. The Morgan fingerprint density at radius 2 is 0.864 bits per heavy atom. The first-order chi connectivity index (χ1) is 10.6. The van der Waals surface area contributed by atoms with Gasteiger partial charge in [0, 0.05) is 0 Å². The Kier molecular flexibility index (Phi) is 3.46. The average molecular weight is 306 g/mol. The largest absolute Gasteiger partial charge is 0.361 e. The van der Waals surface area contributed by atoms with Crippen LogP contribution in [0.3, 0.4) is 0 Å². The molecule has 122 valence electrons. The Hall–Kier alpha value is -1.06. The Balaban J connectivity index is 1.36. The van der Waals surface area contributed by atoms with Crippen molar-refractivity contribution in [3.63, 3.8) is 0 Å². The molecule has 6 saturated carbocycles. The molecule has 4 heteroatoms. The molecule has 0 radical (unpaired) electrons. The summed E-state index contributed by atoms with van der Waals surface area (Å²) in [5.74, 6) is 1.02. The molecule has 0 amide bonds. The van der Waals surface area contributed by atoms with Gasteiger partial charge in [-0.05, 0) is 88.9 Å². The highest BCUT2D eigenvalue weighted by Crippen LogP contribution is 2.52. The van der Waals surface area contributed by atoms with E-state index in [-0.39, 0.29) is 22.8 Å². The van der Waals surface area contributed by atoms with E-state index in [1.54, 1.807) is 0 Å². The number of carbonyl (C=O) groups excluding carboxylic acids is 2. The summed E-state index contributed by atoms with van der Waals surface area (Å²) in [6.45, 7) is 0. The lowest BCUT2D eigenvalue weighted by Crippen LogP contribution is -2.44. The molecule has 6 aliphatic carbocycles. The molecule has 0 saturated heterocycles. The quantitative estimate of drug-likeness (QED) is 0.573. The molecular formula is C18H26O4. The van der Waals surface area contributed by atoms with Crippen molar-refractivity contribution in [3.8, 4) is 0 Å². The number of hydrogen-bond donors (Lipinski definition) is 0. The maximum absolute atomic E-state index is 12.5. The molecule has 4 bridgehead atoms. The maximum atomic E-state index is 12.5. The van der Waals surface area contributed by atoms with Crippen LogP contribution in [0.4, 0.5) is 0 Å². The predicted molar refractivity (Wildman–Crippen MR) is 79.4 cm³/mol. The summed E-state index contributed by atoms with van der Waals surface area (Å²) >= 11 is 0. The van der Waals surface area contributed by atoms with Crippen molar-refractivity contribution in [2.75, 3.05) is 0 Å². The fourth-order valence-electron chi connectivity index (χ4n) is 5.36. The van der Waals surface area contributed by atoms with Crippen molar-refractivity contribution < 1.29 is 19.4 Å². The average Bonchev–Trinajstić information content (AvgIpc) is 2.62. The highest BCUT2D eigenvalue weighted by atomic mass is 17.2. The lowest BCUT2D eigenvalue weighted by atomic mass is 9.61. The zero-order valence-corrected chi connectivity index (χ0v) is 13.3. The highest BCUT2D eigenvalue weighted by Gasteiger charge is 2.50. The summed E-state index contributed by atoms with van der Waals surface area (Å²) in [5, 5.41) is 0. The first-order valence-electron chi connectivity index (χ1n) is 9.05. The van der Waals surface area contributed by atoms with Crippen molar-refractivity contribution >= 4 is 11.9 Å². The van der Waals surface area contributed by atoms with E-state index in [0.29, 0.717) is 0 Å². The Bertz CT molecular complexity index is 396. The van der Waals surface area contributed by atoms with E-state index >= 15 is 0 Å². The normalized spacial score (nSPS) is 42.9. The molecule has 0 aromatic carbocycles. The lowest BCUT2D eigenvalue weighted by molar-refractivity contribution is -0.279. The van der Waals surface area contributed by atoms with E-state index in [4.69, 9.17) is 9.78 Å². The zero-order chi connectivity index (χ0) is 15.2. The number of rotatable bonds is 2. The van der Waals surface area contributed by atoms with Gasteiger partial charge in [0.15, 0.2) is 0 Å². The van der Waals surface area contributed by atoms with Gasteiger partial charge in [0.2, 0.25) is 0 Å². The summed E-state index contributed by atoms with van der Waals surface area (Å²) in [6, 6.07) is 0. The first-order valence-corrected chi connectivity index (χ1v) is 9.05. The van der Waals surface area contributed by atoms with Crippen LogP contribution in [-0.2, 0) is 19.4 Å². The van der Waals surface area contributed by atoms with Gasteiger partial charge in [-0.15, -0.1) is 0 Å². The van der Waals surface area contributed by atoms with Crippen LogP contribution in [0.5, 0.6) is 0 Å². The second-order valence-electron chi connectivity index (χ2n) is 8.27. The second-order valence-corrected chi connectivity index (χ2v) is 8.27. The van der Waals surface area contributed by atoms with Gasteiger partial charge in [-0.25, -0.2) is 19.4 Å². The van der Waals surface area contributed by atoms with Gasteiger partial charge >= 0.3 is 11.9 Å². The topological polar surface area (TPSA) is 52.6 Å². The van der Waals surface area contributed by atoms with Gasteiger partial charge in [-0.3, -0.25) is 0 Å². The molecule has 6 rings (SSSR count). The van der Waals surface area contributed by atoms with E-state index in [9.17, 15) is 9.59 Å². The molecule has 0 spiro atoms. The summed E-state index contributed by atoms with van der Waals surface area (Å²) < 4.78 is 0. The van der Waals surface area contributed by atoms with Crippen LogP contribution in [-0.4, -0.2) is 11.9 Å². The number of fused-ring (bicyclic) bond motifs is 6. The maximum Gasteiger partial charge on any atom is 0.361 e. The number of hydrogen-bond acceptors (Lipinski definition) is 4. The summed E-state index contributed by atoms with van der Waals surface area (Å²) in [6.07, 6.45) is 12.1. The molecule has 0 aromatic heterocycles. The van der Waals surface area contributed by atoms with Crippen LogP contribution in [0.25, 0.3) is 0 Å². The number of carbonyl (C=O) groups is 2. The Morgan fingerprint density at radius 3 is 1.14 bits per heavy atom. The van der Waals surface area contributed by atoms with Crippen LogP contribution in [0.15, 0.2) is 0 Å². The monoisotopic (exact) mass is 306 g/mol. The summed E-state index contributed by atoms with van der Waals surface area (Å²) in [4.78, 5) is 35.1. The third-order valence-electron chi connectivity index (χ3n) is 7.25. The van der Waals surface area contributed by atoms with Gasteiger partial charge in [-0.2, -0.15) is 0 Å². The summed E-state index contributed by atoms with van der Waals surface area (Å²) in [5.41, 5.74) is -0.728. The molecule has 22 heavy (non-hydrogen) atoms. The molecule has 6 aliphatic rings. The smallest absolute Gasteiger partial charge is 0.247 e. The van der Waals surface area contributed by atoms with Crippen LogP contribution in [0.1, 0.15) is 77.0 Å². The minimum absolute atomic E-state index is 0.292. The van der Waals surface area contributed by atoms with Gasteiger partial charge in [0.05, 0.1) is 10.8 Å². The van der Waals surface area contributed by atoms with Crippen molar-refractivity contribution in [2.45, 2.75) is 77.0 Å². The van der Waals surface area contributed by atoms with E-state index in [2.05, 4.69) is 0 Å². The summed E-state index contributed by atoms with van der Waals surface area (Å²) in [7, 11) is 0. The molecule has 0 atom stereocenters. The van der Waals surface area contributed by atoms with Crippen molar-refractivity contribution in [3.05, 3.63) is 0 Å². The van der Waals surface area contributed by atoms with Crippen molar-refractivity contribution in [1.29, 1.82) is 0 Å². The highest BCUT2D eigenvalue weighted by molar-refractivity contribution is 5.80. The molecule has 4 nitrogen and oxygen atoms in total. The van der Waals surface area contributed by atoms with Gasteiger partial charge in [0.25, 0.3) is 0 Å². The van der Waals surface area contributed by atoms with Crippen molar-refractivity contribution in [2.24, 2.45) is 22.7 Å². The minimum atomic E-state index is -0.364. The molecule has 0 heterocycles. The predicted octanol–water partition coefficient (Wildman–Crippen LogP) is 3.93. The van der Waals surface area contributed by atoms with Crippen LogP contribution >= 0.6 is 0 Å². The first kappa shape index (κ1) is 14.5. The standard InChI is InChI=1S/C18H26O4/c19-15(17-7-1-13(2-8-17)3-9-17)21-22-16(20)18-10-4-14(5-11-18)6-12-18/h13-14H,1-12H2. The van der Waals surface area contributed by atoms with Gasteiger partial charge < -0.3 is 0 Å². The third-order valence-corrected chi connectivity index (χ3v) is 7.25. The molecule has 0 N–H and O–H groups in total. The third kappa shape index (κ3) is 2.26. The molecule has 0 aromatic rings. The molecular weight excluding hydrogens is 280 g/mol. The van der Waals surface area contributed by atoms with Crippen LogP contribution in [0.2, 0.25) is 0 Å². The second kappa shape index (κ2) is 5.24. The van der Waals surface area contributed by atoms with Crippen LogP contribution < -0.4 is 0 Å². The molecule has 0 unspecified atom stereocenters. The lowest BCUT2D eigenvalue weighted by Gasteiger charge is -2.45. The Labute approximate surface area is 131 Å². The van der Waals surface area contributed by atoms with Crippen LogP contribution in [0, 0.1) is 22.7 Å². The van der Waals surface area contributed by atoms with E-state index < -0.39 is 0 Å². The van der Waals surface area contributed by atoms with E-state index in [1.165, 1.54) is 0 Å². The van der Waals surface area contributed by atoms with E-state index in [1.807, 2.05) is 0 Å². The SMILES string of the molecule is O=C(OOC(=O)C12CCC(CC1)CC2)C12CCC(CC1)CC2. The zero-order valence-electron chi connectivity index (χ0n) is 13.3. The fraction of sp³-hybridized carbons (Fsp3) is 0.889. The van der Waals surface area contributed by atoms with E-state index in [0.717, 1.165) is 88.9 Å². The molecule has 6 fully saturated rings. The minimum Gasteiger partial charge on any atom is -0.247 e. The van der Waals surface area contributed by atoms with Crippen molar-refractivity contribution in [1.82, 2.24) is 0 Å². The van der Waals surface area contributed by atoms with Gasteiger partial charge in [-0.1, -0.05) is 0 Å².